The monoisotopic (exact) mass is 476 g/mol. The van der Waals surface area contributed by atoms with Crippen molar-refractivity contribution >= 4 is 0 Å². The van der Waals surface area contributed by atoms with Gasteiger partial charge < -0.3 is 4.74 Å². The maximum atomic E-state index is 14.3. The van der Waals surface area contributed by atoms with Gasteiger partial charge in [0.05, 0.1) is 0 Å². The van der Waals surface area contributed by atoms with Crippen LogP contribution >= 0.6 is 0 Å². The quantitative estimate of drug-likeness (QED) is 0.364. The number of hydrogen-bond donors (Lipinski definition) is 0. The topological polar surface area (TPSA) is 9.23 Å². The first kappa shape index (κ1) is 23.2. The second-order valence-corrected chi connectivity index (χ2v) is 6.95. The minimum absolute atomic E-state index is 0. The number of hydrogen-bond acceptors (Lipinski definition) is 1. The van der Waals surface area contributed by atoms with E-state index in [4.69, 9.17) is 0 Å². The zero-order valence-corrected chi connectivity index (χ0v) is 17.9. The van der Waals surface area contributed by atoms with Gasteiger partial charge in [-0.2, -0.15) is 8.78 Å². The molecule has 0 N–H and O–H groups in total. The third-order valence-electron chi connectivity index (χ3n) is 4.87. The Morgan fingerprint density at radius 1 is 0.893 bits per heavy atom. The van der Waals surface area contributed by atoms with Crippen LogP contribution in [0.2, 0.25) is 0 Å². The van der Waals surface area contributed by atoms with E-state index in [0.29, 0.717) is 23.6 Å². The Balaban J connectivity index is 0.00000280. The van der Waals surface area contributed by atoms with Crippen LogP contribution in [0.3, 0.4) is 0 Å². The molecule has 0 atom stereocenters. The van der Waals surface area contributed by atoms with Crippen LogP contribution in [-0.2, 0) is 38.8 Å². The minimum atomic E-state index is -4.45. The van der Waals surface area contributed by atoms with E-state index in [1.165, 1.54) is 0 Å². The maximum Gasteiger partial charge on any atom is 3.00 e. The van der Waals surface area contributed by atoms with Gasteiger partial charge in [0.1, 0.15) is 17.2 Å². The molecule has 1 aliphatic carbocycles. The third-order valence-corrected chi connectivity index (χ3v) is 4.87. The summed E-state index contributed by atoms with van der Waals surface area (Å²) >= 11 is 0. The Hall–Kier alpha value is -1.08. The van der Waals surface area contributed by atoms with Crippen molar-refractivity contribution in [3.05, 3.63) is 64.7 Å². The first-order valence-corrected chi connectivity index (χ1v) is 8.60. The molecule has 3 rings (SSSR count). The van der Waals surface area contributed by atoms with Crippen molar-refractivity contribution in [2.45, 2.75) is 44.6 Å². The van der Waals surface area contributed by atoms with Gasteiger partial charge in [-0.15, -0.1) is 6.07 Å². The maximum absolute atomic E-state index is 14.3. The molecule has 0 aromatic heterocycles. The predicted octanol–water partition coefficient (Wildman–Crippen LogP) is 6.46. The van der Waals surface area contributed by atoms with Gasteiger partial charge in [-0.25, -0.2) is 17.6 Å². The summed E-state index contributed by atoms with van der Waals surface area (Å²) in [5.41, 5.74) is -1.27. The summed E-state index contributed by atoms with van der Waals surface area (Å²) in [4.78, 5) is 0. The summed E-state index contributed by atoms with van der Waals surface area (Å²) in [6, 6.07) is 4.27. The van der Waals surface area contributed by atoms with Crippen molar-refractivity contribution in [2.24, 2.45) is 5.92 Å². The van der Waals surface area contributed by atoms with Gasteiger partial charge in [0.15, 0.2) is 0 Å². The molecular weight excluding hydrogens is 459 g/mol. The molecule has 0 saturated heterocycles. The van der Waals surface area contributed by atoms with Crippen molar-refractivity contribution in [1.82, 2.24) is 0 Å². The van der Waals surface area contributed by atoms with E-state index in [0.717, 1.165) is 37.8 Å². The van der Waals surface area contributed by atoms with Gasteiger partial charge in [-0.3, -0.25) is 0 Å². The Kier molecular flexibility index (Phi) is 7.59. The van der Waals surface area contributed by atoms with E-state index in [1.54, 1.807) is 6.07 Å². The number of halogens is 6. The van der Waals surface area contributed by atoms with Crippen LogP contribution in [0, 0.1) is 35.3 Å². The molecule has 28 heavy (non-hydrogen) atoms. The average molecular weight is 476 g/mol. The van der Waals surface area contributed by atoms with Crippen LogP contribution in [0.1, 0.15) is 49.7 Å². The second kappa shape index (κ2) is 9.16. The minimum Gasteiger partial charge on any atom is -0.455 e. The van der Waals surface area contributed by atoms with Crippen molar-refractivity contribution in [3.63, 3.8) is 0 Å². The molecule has 0 bridgehead atoms. The summed E-state index contributed by atoms with van der Waals surface area (Å²) in [6.45, 7) is 2.09. The summed E-state index contributed by atoms with van der Waals surface area (Å²) in [6.07, 6.45) is -1.20. The van der Waals surface area contributed by atoms with Crippen molar-refractivity contribution in [2.75, 3.05) is 0 Å². The van der Waals surface area contributed by atoms with Crippen LogP contribution in [0.5, 0.6) is 5.75 Å². The Morgan fingerprint density at radius 2 is 1.39 bits per heavy atom. The SMILES string of the molecule is CC1CCC(c2cc(F)c(C(F)(F)Oc3cc(F)[c-]c(F)c3)c(F)c2)CC1.[Y+3]. The van der Waals surface area contributed by atoms with Gasteiger partial charge >= 0.3 is 38.8 Å². The number of alkyl halides is 2. The standard InChI is InChI=1S/C20H17F6O.Y/c1-11-2-4-12(5-3-11)13-6-17(23)19(18(24)7-13)20(25,26)27-16-9-14(21)8-15(22)10-16;/h6-7,9-12H,2-5H2,1H3;/q-1;+3. The molecule has 0 unspecified atom stereocenters. The molecule has 1 nitrogen and oxygen atoms in total. The van der Waals surface area contributed by atoms with Gasteiger partial charge in [0.25, 0.3) is 0 Å². The molecule has 0 aliphatic heterocycles. The fraction of sp³-hybridized carbons (Fsp3) is 0.400. The van der Waals surface area contributed by atoms with E-state index in [9.17, 15) is 26.3 Å². The van der Waals surface area contributed by atoms with Gasteiger partial charge in [-0.05, 0) is 42.4 Å². The number of rotatable bonds is 4. The molecule has 1 fully saturated rings. The molecule has 0 amide bonds. The summed E-state index contributed by atoms with van der Waals surface area (Å²) in [5, 5.41) is 0. The first-order valence-electron chi connectivity index (χ1n) is 8.60. The third kappa shape index (κ3) is 5.29. The van der Waals surface area contributed by atoms with E-state index >= 15 is 0 Å². The fourth-order valence-electron chi connectivity index (χ4n) is 3.44. The summed E-state index contributed by atoms with van der Waals surface area (Å²) < 4.78 is 87.6. The van der Waals surface area contributed by atoms with Crippen LogP contribution < -0.4 is 4.74 Å². The van der Waals surface area contributed by atoms with E-state index in [1.807, 2.05) is 0 Å². The van der Waals surface area contributed by atoms with Crippen LogP contribution in [0.4, 0.5) is 26.3 Å². The van der Waals surface area contributed by atoms with E-state index in [-0.39, 0.29) is 38.6 Å². The normalized spacial score (nSPS) is 19.8. The van der Waals surface area contributed by atoms with Crippen LogP contribution in [-0.4, -0.2) is 0 Å². The second-order valence-electron chi connectivity index (χ2n) is 6.95. The van der Waals surface area contributed by atoms with Crippen molar-refractivity contribution < 1.29 is 63.8 Å². The average Bonchev–Trinajstić information content (AvgIpc) is 2.52. The van der Waals surface area contributed by atoms with E-state index in [2.05, 4.69) is 11.7 Å². The van der Waals surface area contributed by atoms with Gasteiger partial charge in [-0.1, -0.05) is 31.9 Å². The molecule has 8 heteroatoms. The summed E-state index contributed by atoms with van der Waals surface area (Å²) in [5.74, 6) is -5.95. The van der Waals surface area contributed by atoms with E-state index < -0.39 is 40.7 Å². The number of ether oxygens (including phenoxy) is 1. The predicted molar refractivity (Wildman–Crippen MR) is 86.4 cm³/mol. The zero-order chi connectivity index (χ0) is 19.8. The first-order chi connectivity index (χ1) is 12.7. The Morgan fingerprint density at radius 3 is 1.89 bits per heavy atom. The van der Waals surface area contributed by atoms with Gasteiger partial charge in [0.2, 0.25) is 0 Å². The molecular formula is C20H17F6OY+2. The van der Waals surface area contributed by atoms with Crippen LogP contribution in [0.15, 0.2) is 24.3 Å². The zero-order valence-electron chi connectivity index (χ0n) is 15.0. The Bertz CT molecular complexity index is 790. The Labute approximate surface area is 184 Å². The number of benzene rings is 2. The smallest absolute Gasteiger partial charge is 0.455 e. The van der Waals surface area contributed by atoms with Crippen molar-refractivity contribution in [1.29, 1.82) is 0 Å². The summed E-state index contributed by atoms with van der Waals surface area (Å²) in [7, 11) is 0. The fourth-order valence-corrected chi connectivity index (χ4v) is 3.44. The largest absolute Gasteiger partial charge is 3.00 e. The molecule has 2 aromatic carbocycles. The molecule has 1 saturated carbocycles. The van der Waals surface area contributed by atoms with Gasteiger partial charge in [0, 0.05) is 17.4 Å². The van der Waals surface area contributed by atoms with Crippen LogP contribution in [0.25, 0.3) is 0 Å². The molecule has 2 aromatic rings. The molecule has 0 spiro atoms. The molecule has 1 aliphatic rings. The molecule has 146 valence electrons. The molecule has 0 heterocycles. The van der Waals surface area contributed by atoms with Crippen molar-refractivity contribution in [3.8, 4) is 5.75 Å². The molecule has 0 radical (unpaired) electrons.